The van der Waals surface area contributed by atoms with Crippen molar-refractivity contribution in [3.05, 3.63) is 63.3 Å². The zero-order valence-corrected chi connectivity index (χ0v) is 11.1. The van der Waals surface area contributed by atoms with E-state index < -0.39 is 5.82 Å². The van der Waals surface area contributed by atoms with E-state index in [1.165, 1.54) is 12.1 Å². The van der Waals surface area contributed by atoms with E-state index in [0.29, 0.717) is 12.4 Å². The van der Waals surface area contributed by atoms with Crippen LogP contribution in [0.5, 0.6) is 5.75 Å². The van der Waals surface area contributed by atoms with Gasteiger partial charge in [0.15, 0.2) is 0 Å². The normalized spacial score (nSPS) is 10.3. The van der Waals surface area contributed by atoms with Crippen molar-refractivity contribution in [2.75, 3.05) is 0 Å². The molecule has 2 rings (SSSR count). The molecular weight excluding hydrogens is 306 g/mol. The summed E-state index contributed by atoms with van der Waals surface area (Å²) in [5.74, 6) is 0.109. The topological polar surface area (TPSA) is 9.23 Å². The SMILES string of the molecule is Fc1ccc(OCc2cccc(Br)c2)cc1Cl. The first-order valence-corrected chi connectivity index (χ1v) is 6.14. The largest absolute Gasteiger partial charge is 0.489 e. The minimum atomic E-state index is -0.443. The van der Waals surface area contributed by atoms with Crippen LogP contribution in [-0.4, -0.2) is 0 Å². The summed E-state index contributed by atoms with van der Waals surface area (Å²) in [6, 6.07) is 12.1. The summed E-state index contributed by atoms with van der Waals surface area (Å²) in [6.07, 6.45) is 0. The van der Waals surface area contributed by atoms with E-state index in [1.54, 1.807) is 6.07 Å². The van der Waals surface area contributed by atoms with E-state index in [4.69, 9.17) is 16.3 Å². The first kappa shape index (κ1) is 12.4. The van der Waals surface area contributed by atoms with Gasteiger partial charge in [-0.3, -0.25) is 0 Å². The molecule has 88 valence electrons. The van der Waals surface area contributed by atoms with Gasteiger partial charge in [0.05, 0.1) is 5.02 Å². The molecule has 0 saturated heterocycles. The molecule has 2 aromatic rings. The van der Waals surface area contributed by atoms with Gasteiger partial charge >= 0.3 is 0 Å². The lowest BCUT2D eigenvalue weighted by molar-refractivity contribution is 0.305. The minimum Gasteiger partial charge on any atom is -0.489 e. The fourth-order valence-electron chi connectivity index (χ4n) is 1.36. The fourth-order valence-corrected chi connectivity index (χ4v) is 1.98. The summed E-state index contributed by atoms with van der Waals surface area (Å²) >= 11 is 9.04. The summed E-state index contributed by atoms with van der Waals surface area (Å²) in [5.41, 5.74) is 1.03. The molecule has 0 amide bonds. The van der Waals surface area contributed by atoms with Crippen LogP contribution in [0, 0.1) is 5.82 Å². The Labute approximate surface area is 112 Å². The van der Waals surface area contributed by atoms with Gasteiger partial charge in [-0.25, -0.2) is 4.39 Å². The third-order valence-corrected chi connectivity index (χ3v) is 2.97. The fraction of sp³-hybridized carbons (Fsp3) is 0.0769. The maximum Gasteiger partial charge on any atom is 0.142 e. The Morgan fingerprint density at radius 1 is 1.18 bits per heavy atom. The molecule has 2 aromatic carbocycles. The standard InChI is InChI=1S/C13H9BrClFO/c14-10-3-1-2-9(6-10)8-17-11-4-5-13(16)12(15)7-11/h1-7H,8H2. The third kappa shape index (κ3) is 3.45. The van der Waals surface area contributed by atoms with Gasteiger partial charge in [0.1, 0.15) is 18.2 Å². The summed E-state index contributed by atoms with van der Waals surface area (Å²) in [5, 5.41) is 0.0664. The van der Waals surface area contributed by atoms with Crippen LogP contribution >= 0.6 is 27.5 Å². The van der Waals surface area contributed by atoms with Crippen LogP contribution in [-0.2, 0) is 6.61 Å². The molecule has 0 radical (unpaired) electrons. The number of hydrogen-bond donors (Lipinski definition) is 0. The van der Waals surface area contributed by atoms with Crippen molar-refractivity contribution in [3.8, 4) is 5.75 Å². The third-order valence-electron chi connectivity index (χ3n) is 2.19. The van der Waals surface area contributed by atoms with Gasteiger partial charge in [-0.05, 0) is 29.8 Å². The van der Waals surface area contributed by atoms with Gasteiger partial charge < -0.3 is 4.74 Å². The highest BCUT2D eigenvalue weighted by Crippen LogP contribution is 2.22. The zero-order chi connectivity index (χ0) is 12.3. The zero-order valence-electron chi connectivity index (χ0n) is 8.79. The second-order valence-corrected chi connectivity index (χ2v) is 4.82. The van der Waals surface area contributed by atoms with E-state index >= 15 is 0 Å². The maximum atomic E-state index is 12.9. The summed E-state index contributed by atoms with van der Waals surface area (Å²) in [6.45, 7) is 0.418. The highest BCUT2D eigenvalue weighted by molar-refractivity contribution is 9.10. The smallest absolute Gasteiger partial charge is 0.142 e. The molecule has 0 aliphatic rings. The Bertz CT molecular complexity index is 531. The van der Waals surface area contributed by atoms with Crippen molar-refractivity contribution >= 4 is 27.5 Å². The first-order chi connectivity index (χ1) is 8.15. The van der Waals surface area contributed by atoms with Gasteiger partial charge in [0, 0.05) is 10.5 Å². The van der Waals surface area contributed by atoms with Crippen molar-refractivity contribution in [1.29, 1.82) is 0 Å². The van der Waals surface area contributed by atoms with Crippen molar-refractivity contribution in [1.82, 2.24) is 0 Å². The Balaban J connectivity index is 2.05. The molecule has 0 fully saturated rings. The predicted octanol–water partition coefficient (Wildman–Crippen LogP) is 4.82. The van der Waals surface area contributed by atoms with Gasteiger partial charge in [0.2, 0.25) is 0 Å². The number of benzene rings is 2. The molecular formula is C13H9BrClFO. The van der Waals surface area contributed by atoms with Crippen LogP contribution in [0.2, 0.25) is 5.02 Å². The number of ether oxygens (including phenoxy) is 1. The molecule has 0 spiro atoms. The van der Waals surface area contributed by atoms with E-state index in [2.05, 4.69) is 15.9 Å². The second kappa shape index (κ2) is 5.52. The van der Waals surface area contributed by atoms with Crippen LogP contribution < -0.4 is 4.74 Å². The van der Waals surface area contributed by atoms with Gasteiger partial charge in [-0.2, -0.15) is 0 Å². The molecule has 0 aliphatic carbocycles. The lowest BCUT2D eigenvalue weighted by atomic mass is 10.2. The number of hydrogen-bond acceptors (Lipinski definition) is 1. The lowest BCUT2D eigenvalue weighted by Crippen LogP contribution is -1.95. The molecule has 4 heteroatoms. The second-order valence-electron chi connectivity index (χ2n) is 3.49. The Morgan fingerprint density at radius 3 is 2.71 bits per heavy atom. The predicted molar refractivity (Wildman–Crippen MR) is 69.9 cm³/mol. The van der Waals surface area contributed by atoms with Gasteiger partial charge in [-0.1, -0.05) is 39.7 Å². The summed E-state index contributed by atoms with van der Waals surface area (Å²) in [4.78, 5) is 0. The average molecular weight is 316 g/mol. The van der Waals surface area contributed by atoms with E-state index in [-0.39, 0.29) is 5.02 Å². The minimum absolute atomic E-state index is 0.0664. The van der Waals surface area contributed by atoms with Crippen molar-refractivity contribution in [3.63, 3.8) is 0 Å². The highest BCUT2D eigenvalue weighted by Gasteiger charge is 2.02. The quantitative estimate of drug-likeness (QED) is 0.789. The Hall–Kier alpha value is -1.06. The van der Waals surface area contributed by atoms with E-state index in [9.17, 15) is 4.39 Å². The van der Waals surface area contributed by atoms with Crippen LogP contribution in [0.15, 0.2) is 46.9 Å². The van der Waals surface area contributed by atoms with E-state index in [0.717, 1.165) is 10.0 Å². The molecule has 17 heavy (non-hydrogen) atoms. The Kier molecular flexibility index (Phi) is 4.02. The molecule has 0 N–H and O–H groups in total. The average Bonchev–Trinajstić information content (AvgIpc) is 2.31. The molecule has 0 unspecified atom stereocenters. The molecule has 0 atom stereocenters. The monoisotopic (exact) mass is 314 g/mol. The molecule has 0 saturated carbocycles. The van der Waals surface area contributed by atoms with Gasteiger partial charge in [-0.15, -0.1) is 0 Å². The first-order valence-electron chi connectivity index (χ1n) is 4.97. The van der Waals surface area contributed by atoms with Gasteiger partial charge in [0.25, 0.3) is 0 Å². The van der Waals surface area contributed by atoms with Crippen molar-refractivity contribution < 1.29 is 9.13 Å². The highest BCUT2D eigenvalue weighted by atomic mass is 79.9. The van der Waals surface area contributed by atoms with Crippen LogP contribution in [0.1, 0.15) is 5.56 Å². The molecule has 0 aliphatic heterocycles. The van der Waals surface area contributed by atoms with Crippen LogP contribution in [0.4, 0.5) is 4.39 Å². The summed E-state index contributed by atoms with van der Waals surface area (Å²) in [7, 11) is 0. The van der Waals surface area contributed by atoms with Crippen molar-refractivity contribution in [2.24, 2.45) is 0 Å². The van der Waals surface area contributed by atoms with Crippen LogP contribution in [0.3, 0.4) is 0 Å². The number of halogens is 3. The molecule has 0 bridgehead atoms. The van der Waals surface area contributed by atoms with Crippen LogP contribution in [0.25, 0.3) is 0 Å². The number of rotatable bonds is 3. The molecule has 1 nitrogen and oxygen atoms in total. The Morgan fingerprint density at radius 2 is 2.00 bits per heavy atom. The summed E-state index contributed by atoms with van der Waals surface area (Å²) < 4.78 is 19.4. The molecule has 0 heterocycles. The maximum absolute atomic E-state index is 12.9. The van der Waals surface area contributed by atoms with E-state index in [1.807, 2.05) is 24.3 Å². The molecule has 0 aromatic heterocycles. The lowest BCUT2D eigenvalue weighted by Gasteiger charge is -2.07. The van der Waals surface area contributed by atoms with Crippen molar-refractivity contribution in [2.45, 2.75) is 6.61 Å².